The van der Waals surface area contributed by atoms with Crippen molar-refractivity contribution >= 4 is 39.5 Å². The van der Waals surface area contributed by atoms with Crippen LogP contribution in [0.1, 0.15) is 43.9 Å². The largest absolute Gasteiger partial charge is 0.352 e. The lowest BCUT2D eigenvalue weighted by Crippen LogP contribution is -2.50. The molecule has 2 amide bonds. The van der Waals surface area contributed by atoms with Gasteiger partial charge >= 0.3 is 0 Å². The van der Waals surface area contributed by atoms with Crippen molar-refractivity contribution in [1.29, 1.82) is 0 Å². The second kappa shape index (κ2) is 12.2. The molecule has 1 N–H and O–H groups in total. The summed E-state index contributed by atoms with van der Waals surface area (Å²) in [5.41, 5.74) is 3.36. The molecule has 0 aromatic heterocycles. The maximum Gasteiger partial charge on any atom is 0.242 e. The van der Waals surface area contributed by atoms with E-state index in [4.69, 9.17) is 0 Å². The van der Waals surface area contributed by atoms with Crippen LogP contribution in [-0.4, -0.2) is 34.6 Å². The number of carbonyl (C=O) groups is 2. The van der Waals surface area contributed by atoms with Crippen molar-refractivity contribution in [2.45, 2.75) is 58.5 Å². The minimum atomic E-state index is -0.527. The molecular weight excluding hydrogens is 460 g/mol. The van der Waals surface area contributed by atoms with E-state index in [1.165, 1.54) is 11.1 Å². The number of benzene rings is 2. The summed E-state index contributed by atoms with van der Waals surface area (Å²) in [6, 6.07) is 15.8. The maximum atomic E-state index is 13.1. The van der Waals surface area contributed by atoms with Gasteiger partial charge in [0.2, 0.25) is 11.8 Å². The Kier molecular flexibility index (Phi) is 9.92. The standard InChI is InChI=1S/C24H31BrN2O2S/c1-5-18(3)26-24(29)19(4)27(14-20-8-6-17(2)7-9-20)23(28)16-30-15-21-10-12-22(25)13-11-21/h6-13,18-19H,5,14-16H2,1-4H3,(H,26,29)/t18-,19-/m1/s1. The summed E-state index contributed by atoms with van der Waals surface area (Å²) in [5.74, 6) is 0.959. The van der Waals surface area contributed by atoms with E-state index in [1.54, 1.807) is 16.7 Å². The van der Waals surface area contributed by atoms with E-state index in [9.17, 15) is 9.59 Å². The number of rotatable bonds is 10. The Bertz CT molecular complexity index is 824. The van der Waals surface area contributed by atoms with Crippen molar-refractivity contribution in [3.63, 3.8) is 0 Å². The molecule has 0 aliphatic carbocycles. The molecule has 2 aromatic carbocycles. The van der Waals surface area contributed by atoms with E-state index >= 15 is 0 Å². The van der Waals surface area contributed by atoms with E-state index in [-0.39, 0.29) is 17.9 Å². The molecule has 0 radical (unpaired) electrons. The van der Waals surface area contributed by atoms with Crippen LogP contribution in [0.25, 0.3) is 0 Å². The first-order valence-electron chi connectivity index (χ1n) is 10.3. The molecule has 0 spiro atoms. The van der Waals surface area contributed by atoms with Gasteiger partial charge in [-0.2, -0.15) is 0 Å². The van der Waals surface area contributed by atoms with Gasteiger partial charge < -0.3 is 10.2 Å². The molecule has 6 heteroatoms. The Labute approximate surface area is 192 Å². The number of hydrogen-bond donors (Lipinski definition) is 1. The normalized spacial score (nSPS) is 12.8. The monoisotopic (exact) mass is 490 g/mol. The number of thioether (sulfide) groups is 1. The lowest BCUT2D eigenvalue weighted by Gasteiger charge is -2.29. The molecule has 2 aromatic rings. The topological polar surface area (TPSA) is 49.4 Å². The van der Waals surface area contributed by atoms with Crippen molar-refractivity contribution in [3.8, 4) is 0 Å². The minimum Gasteiger partial charge on any atom is -0.352 e. The van der Waals surface area contributed by atoms with Crippen LogP contribution in [0, 0.1) is 6.92 Å². The van der Waals surface area contributed by atoms with Gasteiger partial charge in [0.25, 0.3) is 0 Å². The van der Waals surface area contributed by atoms with E-state index in [0.717, 1.165) is 22.2 Å². The van der Waals surface area contributed by atoms with Gasteiger partial charge in [-0.15, -0.1) is 11.8 Å². The zero-order chi connectivity index (χ0) is 22.1. The molecule has 0 unspecified atom stereocenters. The zero-order valence-corrected chi connectivity index (χ0v) is 20.6. The average Bonchev–Trinajstić information content (AvgIpc) is 2.74. The van der Waals surface area contributed by atoms with Crippen LogP contribution < -0.4 is 5.32 Å². The summed E-state index contributed by atoms with van der Waals surface area (Å²) >= 11 is 5.01. The first kappa shape index (κ1) is 24.5. The molecule has 0 saturated heterocycles. The number of hydrogen-bond acceptors (Lipinski definition) is 3. The molecule has 0 heterocycles. The first-order chi connectivity index (χ1) is 14.3. The average molecular weight is 491 g/mol. The van der Waals surface area contributed by atoms with Crippen molar-refractivity contribution in [2.75, 3.05) is 5.75 Å². The molecule has 0 aliphatic rings. The number of halogens is 1. The SMILES string of the molecule is CC[C@@H](C)NC(=O)[C@@H](C)N(Cc1ccc(C)cc1)C(=O)CSCc1ccc(Br)cc1. The minimum absolute atomic E-state index is 0.0236. The number of nitrogens with zero attached hydrogens (tertiary/aromatic N) is 1. The van der Waals surface area contributed by atoms with Crippen LogP contribution >= 0.6 is 27.7 Å². The van der Waals surface area contributed by atoms with Crippen LogP contribution in [0.5, 0.6) is 0 Å². The number of carbonyl (C=O) groups excluding carboxylic acids is 2. The van der Waals surface area contributed by atoms with Gasteiger partial charge in [0.15, 0.2) is 0 Å². The molecule has 30 heavy (non-hydrogen) atoms. The fourth-order valence-corrected chi connectivity index (χ4v) is 3.99. The van der Waals surface area contributed by atoms with Gasteiger partial charge in [-0.3, -0.25) is 9.59 Å². The molecule has 0 fully saturated rings. The summed E-state index contributed by atoms with van der Waals surface area (Å²) in [4.78, 5) is 27.5. The zero-order valence-electron chi connectivity index (χ0n) is 18.2. The summed E-state index contributed by atoms with van der Waals surface area (Å²) in [7, 11) is 0. The third kappa shape index (κ3) is 7.80. The Morgan fingerprint density at radius 2 is 1.63 bits per heavy atom. The summed E-state index contributed by atoms with van der Waals surface area (Å²) in [6.07, 6.45) is 0.855. The van der Waals surface area contributed by atoms with Crippen LogP contribution in [-0.2, 0) is 21.9 Å². The molecule has 0 saturated carbocycles. The van der Waals surface area contributed by atoms with E-state index in [0.29, 0.717) is 12.3 Å². The van der Waals surface area contributed by atoms with E-state index < -0.39 is 6.04 Å². The summed E-state index contributed by atoms with van der Waals surface area (Å²) < 4.78 is 1.04. The Morgan fingerprint density at radius 3 is 2.23 bits per heavy atom. The maximum absolute atomic E-state index is 13.1. The predicted octanol–water partition coefficient (Wildman–Crippen LogP) is 5.32. The lowest BCUT2D eigenvalue weighted by atomic mass is 10.1. The summed E-state index contributed by atoms with van der Waals surface area (Å²) in [6.45, 7) is 8.28. The van der Waals surface area contributed by atoms with Gasteiger partial charge in [0, 0.05) is 22.8 Å². The number of amides is 2. The molecule has 0 bridgehead atoms. The first-order valence-corrected chi connectivity index (χ1v) is 12.2. The summed E-state index contributed by atoms with van der Waals surface area (Å²) in [5, 5.41) is 3.00. The number of aryl methyl sites for hydroxylation is 1. The Hall–Kier alpha value is -1.79. The predicted molar refractivity (Wildman–Crippen MR) is 129 cm³/mol. The van der Waals surface area contributed by atoms with Crippen molar-refractivity contribution < 1.29 is 9.59 Å². The molecule has 4 nitrogen and oxygen atoms in total. The van der Waals surface area contributed by atoms with E-state index in [2.05, 4.69) is 21.2 Å². The second-order valence-corrected chi connectivity index (χ2v) is 9.52. The molecule has 2 rings (SSSR count). The van der Waals surface area contributed by atoms with Crippen molar-refractivity contribution in [1.82, 2.24) is 10.2 Å². The highest BCUT2D eigenvalue weighted by Gasteiger charge is 2.26. The van der Waals surface area contributed by atoms with Gasteiger partial charge in [0.05, 0.1) is 5.75 Å². The number of nitrogens with one attached hydrogen (secondary N) is 1. The van der Waals surface area contributed by atoms with Crippen LogP contribution in [0.15, 0.2) is 53.0 Å². The molecular formula is C24H31BrN2O2S. The van der Waals surface area contributed by atoms with Gasteiger partial charge in [-0.05, 0) is 50.5 Å². The second-order valence-electron chi connectivity index (χ2n) is 7.62. The third-order valence-electron chi connectivity index (χ3n) is 5.05. The lowest BCUT2D eigenvalue weighted by molar-refractivity contribution is -0.138. The smallest absolute Gasteiger partial charge is 0.242 e. The Morgan fingerprint density at radius 1 is 1.03 bits per heavy atom. The molecule has 2 atom stereocenters. The molecule has 162 valence electrons. The van der Waals surface area contributed by atoms with Gasteiger partial charge in [-0.1, -0.05) is 64.8 Å². The fourth-order valence-electron chi connectivity index (χ4n) is 2.86. The highest BCUT2D eigenvalue weighted by Crippen LogP contribution is 2.18. The van der Waals surface area contributed by atoms with Crippen LogP contribution in [0.4, 0.5) is 0 Å². The van der Waals surface area contributed by atoms with Gasteiger partial charge in [0.1, 0.15) is 6.04 Å². The van der Waals surface area contributed by atoms with Crippen molar-refractivity contribution in [2.24, 2.45) is 0 Å². The van der Waals surface area contributed by atoms with Gasteiger partial charge in [-0.25, -0.2) is 0 Å². The highest BCUT2D eigenvalue weighted by atomic mass is 79.9. The van der Waals surface area contributed by atoms with Crippen LogP contribution in [0.2, 0.25) is 0 Å². The fraction of sp³-hybridized carbons (Fsp3) is 0.417. The Balaban J connectivity index is 2.06. The molecule has 0 aliphatic heterocycles. The third-order valence-corrected chi connectivity index (χ3v) is 6.57. The highest BCUT2D eigenvalue weighted by molar-refractivity contribution is 9.10. The van der Waals surface area contributed by atoms with Crippen molar-refractivity contribution in [3.05, 3.63) is 69.7 Å². The van der Waals surface area contributed by atoms with Crippen LogP contribution in [0.3, 0.4) is 0 Å². The quantitative estimate of drug-likeness (QED) is 0.489. The van der Waals surface area contributed by atoms with E-state index in [1.807, 2.05) is 76.2 Å².